The highest BCUT2D eigenvalue weighted by Crippen LogP contribution is 2.28. The second kappa shape index (κ2) is 13.6. The van der Waals surface area contributed by atoms with Crippen molar-refractivity contribution in [2.45, 2.75) is 13.2 Å². The van der Waals surface area contributed by atoms with Crippen LogP contribution >= 0.6 is 0 Å². The lowest BCUT2D eigenvalue weighted by Crippen LogP contribution is -1.98. The molecule has 41 heavy (non-hydrogen) atoms. The van der Waals surface area contributed by atoms with Crippen molar-refractivity contribution in [2.75, 3.05) is 14.2 Å². The molecule has 0 aliphatic carbocycles. The number of aromatic nitrogens is 4. The molecule has 3 heterocycles. The van der Waals surface area contributed by atoms with Crippen LogP contribution in [0.1, 0.15) is 33.9 Å². The van der Waals surface area contributed by atoms with Crippen molar-refractivity contribution in [3.05, 3.63) is 125 Å². The molecule has 0 fully saturated rings. The minimum atomic E-state index is 0.387. The third-order valence-corrected chi connectivity index (χ3v) is 6.13. The van der Waals surface area contributed by atoms with Crippen LogP contribution in [0, 0.1) is 0 Å². The predicted octanol–water partition coefficient (Wildman–Crippen LogP) is 6.72. The Hall–Kier alpha value is -5.37. The zero-order valence-electron chi connectivity index (χ0n) is 22.9. The van der Waals surface area contributed by atoms with E-state index in [-0.39, 0.29) is 0 Å². The number of benzene rings is 2. The Labute approximate surface area is 238 Å². The maximum absolute atomic E-state index is 5.86. The number of rotatable bonds is 12. The number of methoxy groups -OCH3 is 2. The normalized spacial score (nSPS) is 11.2. The molecule has 0 spiro atoms. The molecule has 0 aliphatic heterocycles. The van der Waals surface area contributed by atoms with Crippen LogP contribution in [0.4, 0.5) is 0 Å². The van der Waals surface area contributed by atoms with E-state index in [1.807, 2.05) is 103 Å². The van der Waals surface area contributed by atoms with Gasteiger partial charge in [0.2, 0.25) is 0 Å². The number of hydrogen-bond acceptors (Lipinski definition) is 7. The van der Waals surface area contributed by atoms with Crippen molar-refractivity contribution in [2.24, 2.45) is 0 Å². The highest BCUT2D eigenvalue weighted by molar-refractivity contribution is 5.75. The first-order valence-electron chi connectivity index (χ1n) is 13.0. The molecule has 2 aromatic carbocycles. The SMILES string of the molecule is COc1cc(OCc2ccccn2)ccc1/C=C/c1cc(/C=C/c2ccc(OCc3ccccn3)cc2OC)[nH]n1. The lowest BCUT2D eigenvalue weighted by molar-refractivity contribution is 0.299. The minimum Gasteiger partial charge on any atom is -0.496 e. The van der Waals surface area contributed by atoms with E-state index in [2.05, 4.69) is 20.2 Å². The van der Waals surface area contributed by atoms with Gasteiger partial charge in [-0.1, -0.05) is 12.1 Å². The van der Waals surface area contributed by atoms with E-state index in [0.29, 0.717) is 36.2 Å². The summed E-state index contributed by atoms with van der Waals surface area (Å²) in [6, 6.07) is 24.9. The van der Waals surface area contributed by atoms with Crippen molar-refractivity contribution in [1.82, 2.24) is 20.2 Å². The molecular weight excluding hydrogens is 516 g/mol. The molecule has 206 valence electrons. The zero-order valence-corrected chi connectivity index (χ0v) is 22.9. The third kappa shape index (κ3) is 7.60. The summed E-state index contributed by atoms with van der Waals surface area (Å²) in [6.07, 6.45) is 11.3. The van der Waals surface area contributed by atoms with Gasteiger partial charge in [0.1, 0.15) is 36.2 Å². The molecular formula is C33H30N4O4. The fourth-order valence-electron chi connectivity index (χ4n) is 4.00. The van der Waals surface area contributed by atoms with E-state index in [1.165, 1.54) is 0 Å². The molecule has 0 atom stereocenters. The molecule has 1 N–H and O–H groups in total. The summed E-state index contributed by atoms with van der Waals surface area (Å²) in [6.45, 7) is 0.776. The van der Waals surface area contributed by atoms with E-state index in [9.17, 15) is 0 Å². The number of ether oxygens (including phenoxy) is 4. The second-order valence-corrected chi connectivity index (χ2v) is 8.94. The maximum atomic E-state index is 5.86. The first kappa shape index (κ1) is 27.2. The molecule has 0 saturated heterocycles. The average molecular weight is 547 g/mol. The van der Waals surface area contributed by atoms with Gasteiger partial charge in [-0.05, 0) is 78.9 Å². The Morgan fingerprint density at radius 1 is 0.634 bits per heavy atom. The standard InChI is InChI=1S/C33H30N4O4/c1-38-32-20-30(40-22-28-7-3-5-17-34-28)15-11-24(32)9-13-26-19-27(37-36-26)14-10-25-12-16-31(21-33(25)39-2)41-23-29-8-4-6-18-35-29/h3-21H,22-23H2,1-2H3,(H,36,37)/b13-9+,14-10+. The number of H-pyrrole nitrogens is 1. The van der Waals surface area contributed by atoms with Gasteiger partial charge in [0, 0.05) is 35.7 Å². The maximum Gasteiger partial charge on any atom is 0.130 e. The van der Waals surface area contributed by atoms with Crippen molar-refractivity contribution in [3.8, 4) is 23.0 Å². The quantitative estimate of drug-likeness (QED) is 0.186. The Balaban J connectivity index is 1.20. The first-order chi connectivity index (χ1) is 20.2. The summed E-state index contributed by atoms with van der Waals surface area (Å²) in [7, 11) is 3.28. The molecule has 0 bridgehead atoms. The number of nitrogens with zero attached hydrogens (tertiary/aromatic N) is 3. The lowest BCUT2D eigenvalue weighted by Gasteiger charge is -2.09. The molecule has 8 nitrogen and oxygen atoms in total. The molecule has 0 radical (unpaired) electrons. The fraction of sp³-hybridized carbons (Fsp3) is 0.121. The van der Waals surface area contributed by atoms with Gasteiger partial charge in [-0.2, -0.15) is 5.10 Å². The monoisotopic (exact) mass is 546 g/mol. The van der Waals surface area contributed by atoms with E-state index < -0.39 is 0 Å². The number of nitrogens with one attached hydrogen (secondary N) is 1. The van der Waals surface area contributed by atoms with E-state index in [0.717, 1.165) is 33.9 Å². The largest absolute Gasteiger partial charge is 0.496 e. The van der Waals surface area contributed by atoms with Crippen molar-refractivity contribution >= 4 is 24.3 Å². The molecule has 0 unspecified atom stereocenters. The van der Waals surface area contributed by atoms with Crippen LogP contribution < -0.4 is 18.9 Å². The van der Waals surface area contributed by atoms with Gasteiger partial charge in [-0.25, -0.2) is 0 Å². The minimum absolute atomic E-state index is 0.387. The summed E-state index contributed by atoms with van der Waals surface area (Å²) in [5.74, 6) is 2.83. The van der Waals surface area contributed by atoms with Gasteiger partial charge in [0.15, 0.2) is 0 Å². The van der Waals surface area contributed by atoms with Crippen molar-refractivity contribution in [1.29, 1.82) is 0 Å². The molecule has 0 aliphatic rings. The molecule has 0 saturated carbocycles. The second-order valence-electron chi connectivity index (χ2n) is 8.94. The van der Waals surface area contributed by atoms with Crippen LogP contribution in [-0.4, -0.2) is 34.4 Å². The highest BCUT2D eigenvalue weighted by atomic mass is 16.5. The first-order valence-corrected chi connectivity index (χ1v) is 13.0. The van der Waals surface area contributed by atoms with Gasteiger partial charge in [0.25, 0.3) is 0 Å². The van der Waals surface area contributed by atoms with E-state index >= 15 is 0 Å². The number of aromatic amines is 1. The molecule has 0 amide bonds. The van der Waals surface area contributed by atoms with Gasteiger partial charge in [-0.15, -0.1) is 0 Å². The Morgan fingerprint density at radius 2 is 1.20 bits per heavy atom. The Morgan fingerprint density at radius 3 is 1.71 bits per heavy atom. The van der Waals surface area contributed by atoms with Gasteiger partial charge >= 0.3 is 0 Å². The lowest BCUT2D eigenvalue weighted by atomic mass is 10.1. The van der Waals surface area contributed by atoms with E-state index in [4.69, 9.17) is 18.9 Å². The van der Waals surface area contributed by atoms with Crippen molar-refractivity contribution < 1.29 is 18.9 Å². The van der Waals surface area contributed by atoms with Crippen molar-refractivity contribution in [3.63, 3.8) is 0 Å². The van der Waals surface area contributed by atoms with Crippen LogP contribution in [0.5, 0.6) is 23.0 Å². The van der Waals surface area contributed by atoms with Crippen LogP contribution in [0.15, 0.2) is 91.3 Å². The zero-order chi connectivity index (χ0) is 28.3. The summed E-state index contributed by atoms with van der Waals surface area (Å²) < 4.78 is 22.9. The molecule has 5 rings (SSSR count). The van der Waals surface area contributed by atoms with Gasteiger partial charge < -0.3 is 18.9 Å². The highest BCUT2D eigenvalue weighted by Gasteiger charge is 2.06. The van der Waals surface area contributed by atoms with Crippen LogP contribution in [0.2, 0.25) is 0 Å². The molecule has 5 aromatic rings. The molecule has 3 aromatic heterocycles. The third-order valence-electron chi connectivity index (χ3n) is 6.13. The fourth-order valence-corrected chi connectivity index (χ4v) is 4.00. The predicted molar refractivity (Wildman–Crippen MR) is 160 cm³/mol. The van der Waals surface area contributed by atoms with Crippen LogP contribution in [0.3, 0.4) is 0 Å². The summed E-state index contributed by atoms with van der Waals surface area (Å²) >= 11 is 0. The molecule has 8 heteroatoms. The number of hydrogen-bond donors (Lipinski definition) is 1. The number of pyridine rings is 2. The van der Waals surface area contributed by atoms with Gasteiger partial charge in [-0.3, -0.25) is 15.1 Å². The average Bonchev–Trinajstić information content (AvgIpc) is 3.49. The van der Waals surface area contributed by atoms with Crippen LogP contribution in [-0.2, 0) is 13.2 Å². The smallest absolute Gasteiger partial charge is 0.130 e. The summed E-state index contributed by atoms with van der Waals surface area (Å²) in [5.41, 5.74) is 5.19. The topological polar surface area (TPSA) is 91.4 Å². The summed E-state index contributed by atoms with van der Waals surface area (Å²) in [4.78, 5) is 8.57. The van der Waals surface area contributed by atoms with Gasteiger partial charge in [0.05, 0.1) is 37.0 Å². The Bertz CT molecular complexity index is 1500. The van der Waals surface area contributed by atoms with E-state index in [1.54, 1.807) is 26.6 Å². The van der Waals surface area contributed by atoms with Crippen LogP contribution in [0.25, 0.3) is 24.3 Å². The summed E-state index contributed by atoms with van der Waals surface area (Å²) in [5, 5.41) is 7.45. The Kier molecular flexibility index (Phi) is 9.04.